The van der Waals surface area contributed by atoms with Crippen molar-refractivity contribution in [2.24, 2.45) is 0 Å². The number of carboxylic acids is 1. The quantitative estimate of drug-likeness (QED) is 0.243. The van der Waals surface area contributed by atoms with Crippen molar-refractivity contribution in [2.45, 2.75) is 51.1 Å². The van der Waals surface area contributed by atoms with Crippen molar-refractivity contribution in [3.63, 3.8) is 0 Å². The van der Waals surface area contributed by atoms with Crippen LogP contribution in [0, 0.1) is 0 Å². The Morgan fingerprint density at radius 2 is 1.82 bits per heavy atom. The summed E-state index contributed by atoms with van der Waals surface area (Å²) in [7, 11) is 0. The molecule has 0 saturated carbocycles. The first-order chi connectivity index (χ1) is 18.8. The molecule has 202 valence electrons. The molecule has 0 radical (unpaired) electrons. The molecular formula is C29H29N3O7. The smallest absolute Gasteiger partial charge is 0.339 e. The van der Waals surface area contributed by atoms with Crippen LogP contribution in [0.25, 0.3) is 21.9 Å². The molecule has 5 rings (SSSR count). The van der Waals surface area contributed by atoms with Crippen LogP contribution in [0.1, 0.15) is 36.5 Å². The minimum atomic E-state index is -1.18. The number of carbonyl (C=O) groups excluding carboxylic acids is 2. The highest BCUT2D eigenvalue weighted by Crippen LogP contribution is 2.29. The maximum absolute atomic E-state index is 12.7. The average molecular weight is 532 g/mol. The third-order valence-corrected chi connectivity index (χ3v) is 7.05. The second-order valence-electron chi connectivity index (χ2n) is 9.75. The highest BCUT2D eigenvalue weighted by molar-refractivity contribution is 5.91. The predicted molar refractivity (Wildman–Crippen MR) is 144 cm³/mol. The molecule has 4 aromatic rings. The number of hydrogen-bond donors (Lipinski definition) is 4. The van der Waals surface area contributed by atoms with E-state index in [1.807, 2.05) is 30.3 Å². The van der Waals surface area contributed by atoms with Crippen LogP contribution in [0.2, 0.25) is 0 Å². The van der Waals surface area contributed by atoms with Crippen LogP contribution in [0.4, 0.5) is 0 Å². The Labute approximate surface area is 223 Å². The number of amides is 2. The number of para-hydroxylation sites is 1. The van der Waals surface area contributed by atoms with Crippen LogP contribution in [0.5, 0.6) is 5.75 Å². The lowest BCUT2D eigenvalue weighted by molar-refractivity contribution is -0.142. The second kappa shape index (κ2) is 11.0. The molecule has 0 fully saturated rings. The third-order valence-electron chi connectivity index (χ3n) is 7.05. The van der Waals surface area contributed by atoms with E-state index in [2.05, 4.69) is 15.6 Å². The molecule has 0 saturated heterocycles. The molecule has 2 heterocycles. The highest BCUT2D eigenvalue weighted by Gasteiger charge is 2.25. The van der Waals surface area contributed by atoms with Crippen LogP contribution >= 0.6 is 0 Å². The first-order valence-corrected chi connectivity index (χ1v) is 12.9. The summed E-state index contributed by atoms with van der Waals surface area (Å²) in [6, 6.07) is 10.4. The first kappa shape index (κ1) is 26.0. The zero-order chi connectivity index (χ0) is 27.5. The molecule has 2 aromatic carbocycles. The lowest BCUT2D eigenvalue weighted by atomic mass is 9.91. The van der Waals surface area contributed by atoms with Crippen LogP contribution in [0.3, 0.4) is 0 Å². The molecule has 2 amide bonds. The van der Waals surface area contributed by atoms with Gasteiger partial charge in [0, 0.05) is 40.5 Å². The number of aliphatic carboxylic acids is 1. The zero-order valence-corrected chi connectivity index (χ0v) is 21.4. The third kappa shape index (κ3) is 5.64. The van der Waals surface area contributed by atoms with Gasteiger partial charge in [-0.05, 0) is 61.9 Å². The fourth-order valence-corrected chi connectivity index (χ4v) is 5.03. The normalized spacial score (nSPS) is 14.4. The van der Waals surface area contributed by atoms with Gasteiger partial charge in [-0.25, -0.2) is 9.59 Å². The summed E-state index contributed by atoms with van der Waals surface area (Å²) in [4.78, 5) is 52.4. The number of fused-ring (bicyclic) bond motifs is 4. The molecule has 0 unspecified atom stereocenters. The molecule has 2 atom stereocenters. The van der Waals surface area contributed by atoms with E-state index in [-0.39, 0.29) is 18.7 Å². The van der Waals surface area contributed by atoms with E-state index in [0.29, 0.717) is 17.8 Å². The number of aromatic nitrogens is 1. The average Bonchev–Trinajstić information content (AvgIpc) is 3.34. The van der Waals surface area contributed by atoms with E-state index in [1.54, 1.807) is 18.3 Å². The minimum absolute atomic E-state index is 0.0795. The summed E-state index contributed by atoms with van der Waals surface area (Å²) in [6.07, 6.45) is 5.33. The zero-order valence-electron chi connectivity index (χ0n) is 21.4. The summed E-state index contributed by atoms with van der Waals surface area (Å²) in [5, 5.41) is 16.4. The van der Waals surface area contributed by atoms with Gasteiger partial charge >= 0.3 is 11.6 Å². The Morgan fingerprint density at radius 1 is 1.05 bits per heavy atom. The van der Waals surface area contributed by atoms with Crippen LogP contribution in [-0.4, -0.2) is 46.6 Å². The van der Waals surface area contributed by atoms with E-state index in [4.69, 9.17) is 9.15 Å². The van der Waals surface area contributed by atoms with Gasteiger partial charge in [-0.3, -0.25) is 9.59 Å². The predicted octanol–water partition coefficient (Wildman–Crippen LogP) is 2.85. The lowest BCUT2D eigenvalue weighted by Crippen LogP contribution is -2.51. The Hall–Kier alpha value is -4.60. The fourth-order valence-electron chi connectivity index (χ4n) is 5.03. The maximum atomic E-state index is 12.7. The molecule has 1 aliphatic rings. The highest BCUT2D eigenvalue weighted by atomic mass is 16.5. The molecule has 0 aliphatic heterocycles. The molecular weight excluding hydrogens is 502 g/mol. The summed E-state index contributed by atoms with van der Waals surface area (Å²) in [6.45, 7) is 1.08. The van der Waals surface area contributed by atoms with Crippen molar-refractivity contribution in [1.82, 2.24) is 15.6 Å². The monoisotopic (exact) mass is 531 g/mol. The number of benzene rings is 2. The number of carbonyl (C=O) groups is 3. The Bertz CT molecular complexity index is 1620. The van der Waals surface area contributed by atoms with Gasteiger partial charge in [0.05, 0.1) is 0 Å². The summed E-state index contributed by atoms with van der Waals surface area (Å²) in [5.41, 5.74) is 3.45. The Kier molecular flexibility index (Phi) is 7.36. The fraction of sp³-hybridized carbons (Fsp3) is 0.310. The number of rotatable bonds is 9. The van der Waals surface area contributed by atoms with Gasteiger partial charge in [0.1, 0.15) is 23.4 Å². The van der Waals surface area contributed by atoms with Crippen molar-refractivity contribution in [3.8, 4) is 5.75 Å². The van der Waals surface area contributed by atoms with Gasteiger partial charge in [-0.1, -0.05) is 18.2 Å². The largest absolute Gasteiger partial charge is 0.484 e. The molecule has 39 heavy (non-hydrogen) atoms. The summed E-state index contributed by atoms with van der Waals surface area (Å²) in [5.74, 6) is -2.03. The summed E-state index contributed by atoms with van der Waals surface area (Å²) >= 11 is 0. The van der Waals surface area contributed by atoms with E-state index in [9.17, 15) is 24.3 Å². The lowest BCUT2D eigenvalue weighted by Gasteiger charge is -2.19. The van der Waals surface area contributed by atoms with E-state index >= 15 is 0 Å². The van der Waals surface area contributed by atoms with Crippen molar-refractivity contribution in [3.05, 3.63) is 75.8 Å². The van der Waals surface area contributed by atoms with Crippen LogP contribution in [-0.2, 0) is 33.6 Å². The minimum Gasteiger partial charge on any atom is -0.484 e. The van der Waals surface area contributed by atoms with Gasteiger partial charge in [-0.2, -0.15) is 0 Å². The van der Waals surface area contributed by atoms with Gasteiger partial charge in [0.15, 0.2) is 6.61 Å². The van der Waals surface area contributed by atoms with Crippen LogP contribution < -0.4 is 21.0 Å². The molecule has 4 N–H and O–H groups in total. The summed E-state index contributed by atoms with van der Waals surface area (Å²) < 4.78 is 11.0. The SMILES string of the molecule is C[C@@H](NC(=O)COc1ccc2c3c(c(=O)oc2c1)CCCC3)C(=O)N[C@@H](Cc1c[nH]c2ccccc12)C(=O)O. The molecule has 10 heteroatoms. The number of ether oxygens (including phenoxy) is 1. The number of hydrogen-bond acceptors (Lipinski definition) is 6. The number of H-pyrrole nitrogens is 1. The van der Waals surface area contributed by atoms with Crippen molar-refractivity contribution in [2.75, 3.05) is 6.61 Å². The number of aromatic amines is 1. The molecule has 10 nitrogen and oxygen atoms in total. The number of carboxylic acid groups (broad SMARTS) is 1. The Balaban J connectivity index is 1.17. The van der Waals surface area contributed by atoms with E-state index < -0.39 is 29.9 Å². The first-order valence-electron chi connectivity index (χ1n) is 12.9. The van der Waals surface area contributed by atoms with E-state index in [1.165, 1.54) is 6.92 Å². The maximum Gasteiger partial charge on any atom is 0.339 e. The van der Waals surface area contributed by atoms with Gasteiger partial charge in [0.25, 0.3) is 5.91 Å². The van der Waals surface area contributed by atoms with Crippen LogP contribution in [0.15, 0.2) is 57.9 Å². The van der Waals surface area contributed by atoms with E-state index in [0.717, 1.165) is 52.2 Å². The van der Waals surface area contributed by atoms with Crippen molar-refractivity contribution < 1.29 is 28.6 Å². The standard InChI is InChI=1S/C29H29N3O7/c1-16(27(34)32-24(28(35)36)12-17-14-30-23-9-5-4-6-19(17)23)31-26(33)15-38-18-10-11-21-20-7-2-3-8-22(20)29(37)39-25(21)13-18/h4-6,9-11,13-14,16,24,30H,2-3,7-8,12,15H2,1H3,(H,31,33)(H,32,34)(H,35,36)/t16-,24+/m1/s1. The molecule has 0 bridgehead atoms. The van der Waals surface area contributed by atoms with Crippen molar-refractivity contribution >= 4 is 39.7 Å². The van der Waals surface area contributed by atoms with Gasteiger partial charge < -0.3 is 29.9 Å². The Morgan fingerprint density at radius 3 is 2.62 bits per heavy atom. The molecule has 0 spiro atoms. The van der Waals surface area contributed by atoms with Crippen molar-refractivity contribution in [1.29, 1.82) is 0 Å². The number of nitrogens with one attached hydrogen (secondary N) is 3. The topological polar surface area (TPSA) is 151 Å². The molecule has 2 aromatic heterocycles. The van der Waals surface area contributed by atoms with Gasteiger partial charge in [-0.15, -0.1) is 0 Å². The van der Waals surface area contributed by atoms with Gasteiger partial charge in [0.2, 0.25) is 5.91 Å². The number of aryl methyl sites for hydroxylation is 1. The molecule has 1 aliphatic carbocycles. The second-order valence-corrected chi connectivity index (χ2v) is 9.75.